The van der Waals surface area contributed by atoms with Gasteiger partial charge in [0.2, 0.25) is 10.0 Å². The number of benzene rings is 1. The summed E-state index contributed by atoms with van der Waals surface area (Å²) in [4.78, 5) is 12.5. The van der Waals surface area contributed by atoms with Gasteiger partial charge in [0.15, 0.2) is 0 Å². The second-order valence-electron chi connectivity index (χ2n) is 4.06. The number of hydrogen-bond acceptors (Lipinski definition) is 4. The van der Waals surface area contributed by atoms with Gasteiger partial charge in [0.1, 0.15) is 6.54 Å². The van der Waals surface area contributed by atoms with Crippen molar-refractivity contribution in [2.45, 2.75) is 11.8 Å². The minimum atomic E-state index is -3.49. The SMILES string of the molecule is C=CCN(CC(=O)O)c1ccc(S(=O)(=O)NCC)cc1. The van der Waals surface area contributed by atoms with E-state index in [1.54, 1.807) is 30.0 Å². The molecule has 1 rings (SSSR count). The third-order valence-electron chi connectivity index (χ3n) is 2.52. The summed E-state index contributed by atoms with van der Waals surface area (Å²) in [5.74, 6) is -0.962. The van der Waals surface area contributed by atoms with E-state index in [-0.39, 0.29) is 11.4 Å². The Morgan fingerprint density at radius 2 is 2.00 bits per heavy atom. The maximum Gasteiger partial charge on any atom is 0.323 e. The second-order valence-corrected chi connectivity index (χ2v) is 5.83. The van der Waals surface area contributed by atoms with Crippen LogP contribution in [0.25, 0.3) is 0 Å². The first-order chi connectivity index (χ1) is 9.40. The third kappa shape index (κ3) is 4.36. The van der Waals surface area contributed by atoms with Crippen LogP contribution in [0.15, 0.2) is 41.8 Å². The number of sulfonamides is 1. The van der Waals surface area contributed by atoms with Crippen LogP contribution in [0.2, 0.25) is 0 Å². The number of carbonyl (C=O) groups is 1. The zero-order valence-electron chi connectivity index (χ0n) is 11.2. The van der Waals surface area contributed by atoms with Crippen molar-refractivity contribution in [2.24, 2.45) is 0 Å². The number of rotatable bonds is 8. The molecule has 0 heterocycles. The Morgan fingerprint density at radius 1 is 1.40 bits per heavy atom. The van der Waals surface area contributed by atoms with Crippen LogP contribution in [0, 0.1) is 0 Å². The Balaban J connectivity index is 2.99. The lowest BCUT2D eigenvalue weighted by molar-refractivity contribution is -0.135. The van der Waals surface area contributed by atoms with Crippen LogP contribution < -0.4 is 9.62 Å². The average Bonchev–Trinajstić information content (AvgIpc) is 2.38. The van der Waals surface area contributed by atoms with E-state index in [9.17, 15) is 13.2 Å². The van der Waals surface area contributed by atoms with Crippen LogP contribution in [-0.2, 0) is 14.8 Å². The average molecular weight is 298 g/mol. The van der Waals surface area contributed by atoms with Crippen molar-refractivity contribution >= 4 is 21.7 Å². The molecular formula is C13H18N2O4S. The van der Waals surface area contributed by atoms with Gasteiger partial charge in [-0.15, -0.1) is 6.58 Å². The molecule has 0 saturated heterocycles. The van der Waals surface area contributed by atoms with E-state index in [1.165, 1.54) is 12.1 Å². The van der Waals surface area contributed by atoms with Gasteiger partial charge in [0, 0.05) is 18.8 Å². The molecule has 7 heteroatoms. The highest BCUT2D eigenvalue weighted by Gasteiger charge is 2.14. The van der Waals surface area contributed by atoms with E-state index in [1.807, 2.05) is 0 Å². The highest BCUT2D eigenvalue weighted by Crippen LogP contribution is 2.17. The second kappa shape index (κ2) is 7.06. The Hall–Kier alpha value is -1.86. The lowest BCUT2D eigenvalue weighted by Crippen LogP contribution is -2.29. The lowest BCUT2D eigenvalue weighted by Gasteiger charge is -2.21. The molecule has 2 N–H and O–H groups in total. The molecule has 0 aliphatic rings. The molecular weight excluding hydrogens is 280 g/mol. The van der Waals surface area contributed by atoms with Crippen molar-refractivity contribution in [1.82, 2.24) is 4.72 Å². The molecule has 0 fully saturated rings. The van der Waals surface area contributed by atoms with Crippen LogP contribution in [-0.4, -0.2) is 39.1 Å². The van der Waals surface area contributed by atoms with Crippen LogP contribution in [0.5, 0.6) is 0 Å². The first kappa shape index (κ1) is 16.2. The quantitative estimate of drug-likeness (QED) is 0.701. The molecule has 0 aromatic heterocycles. The molecule has 0 unspecified atom stereocenters. The number of hydrogen-bond donors (Lipinski definition) is 2. The Kier molecular flexibility index (Phi) is 5.72. The van der Waals surface area contributed by atoms with E-state index in [2.05, 4.69) is 11.3 Å². The van der Waals surface area contributed by atoms with Gasteiger partial charge >= 0.3 is 5.97 Å². The molecule has 0 spiro atoms. The summed E-state index contributed by atoms with van der Waals surface area (Å²) in [7, 11) is -3.49. The zero-order valence-corrected chi connectivity index (χ0v) is 12.1. The smallest absolute Gasteiger partial charge is 0.323 e. The number of carboxylic acids is 1. The predicted molar refractivity (Wildman–Crippen MR) is 77.4 cm³/mol. The molecule has 0 radical (unpaired) electrons. The van der Waals surface area contributed by atoms with Crippen molar-refractivity contribution in [2.75, 3.05) is 24.5 Å². The van der Waals surface area contributed by atoms with Crippen molar-refractivity contribution in [1.29, 1.82) is 0 Å². The number of carboxylic acid groups (broad SMARTS) is 1. The van der Waals surface area contributed by atoms with E-state index < -0.39 is 16.0 Å². The highest BCUT2D eigenvalue weighted by atomic mass is 32.2. The van der Waals surface area contributed by atoms with Gasteiger partial charge in [-0.1, -0.05) is 13.0 Å². The predicted octanol–water partition coefficient (Wildman–Crippen LogP) is 1.06. The summed E-state index contributed by atoms with van der Waals surface area (Å²) in [6.45, 7) is 5.78. The number of nitrogens with zero attached hydrogens (tertiary/aromatic N) is 1. The molecule has 1 aromatic rings. The molecule has 0 aliphatic carbocycles. The molecule has 0 saturated carbocycles. The highest BCUT2D eigenvalue weighted by molar-refractivity contribution is 7.89. The Bertz CT molecular complexity index is 567. The molecule has 6 nitrogen and oxygen atoms in total. The first-order valence-electron chi connectivity index (χ1n) is 6.08. The van der Waals surface area contributed by atoms with E-state index >= 15 is 0 Å². The van der Waals surface area contributed by atoms with Gasteiger partial charge in [-0.3, -0.25) is 4.79 Å². The minimum Gasteiger partial charge on any atom is -0.480 e. The molecule has 1 aromatic carbocycles. The monoisotopic (exact) mass is 298 g/mol. The standard InChI is InChI=1S/C13H18N2O4S/c1-3-9-15(10-13(16)17)11-5-7-12(8-6-11)20(18,19)14-4-2/h3,5-8,14H,1,4,9-10H2,2H3,(H,16,17). The number of aliphatic carboxylic acids is 1. The Labute approximate surface area is 118 Å². The molecule has 110 valence electrons. The number of anilines is 1. The summed E-state index contributed by atoms with van der Waals surface area (Å²) >= 11 is 0. The van der Waals surface area contributed by atoms with Crippen molar-refractivity contribution in [3.05, 3.63) is 36.9 Å². The van der Waals surface area contributed by atoms with Crippen LogP contribution in [0.4, 0.5) is 5.69 Å². The molecule has 20 heavy (non-hydrogen) atoms. The van der Waals surface area contributed by atoms with Crippen molar-refractivity contribution < 1.29 is 18.3 Å². The van der Waals surface area contributed by atoms with Gasteiger partial charge in [-0.25, -0.2) is 13.1 Å². The molecule has 0 atom stereocenters. The van der Waals surface area contributed by atoms with Crippen LogP contribution in [0.1, 0.15) is 6.92 Å². The summed E-state index contributed by atoms with van der Waals surface area (Å²) in [5, 5.41) is 8.84. The normalized spacial score (nSPS) is 11.1. The Morgan fingerprint density at radius 3 is 2.45 bits per heavy atom. The molecule has 0 bridgehead atoms. The van der Waals surface area contributed by atoms with Crippen molar-refractivity contribution in [3.8, 4) is 0 Å². The summed E-state index contributed by atoms with van der Waals surface area (Å²) < 4.78 is 26.0. The molecule has 0 amide bonds. The van der Waals surface area contributed by atoms with Crippen LogP contribution in [0.3, 0.4) is 0 Å². The summed E-state index contributed by atoms with van der Waals surface area (Å²) in [6.07, 6.45) is 1.59. The maximum atomic E-state index is 11.8. The van der Waals surface area contributed by atoms with Crippen LogP contribution >= 0.6 is 0 Å². The number of nitrogens with one attached hydrogen (secondary N) is 1. The molecule has 0 aliphatic heterocycles. The van der Waals surface area contributed by atoms with E-state index in [4.69, 9.17) is 5.11 Å². The van der Waals surface area contributed by atoms with E-state index in [0.29, 0.717) is 18.8 Å². The fourth-order valence-electron chi connectivity index (χ4n) is 1.69. The zero-order chi connectivity index (χ0) is 15.2. The van der Waals surface area contributed by atoms with E-state index in [0.717, 1.165) is 0 Å². The topological polar surface area (TPSA) is 86.7 Å². The summed E-state index contributed by atoms with van der Waals surface area (Å²) in [6, 6.07) is 6.06. The fraction of sp³-hybridized carbons (Fsp3) is 0.308. The third-order valence-corrected chi connectivity index (χ3v) is 4.08. The lowest BCUT2D eigenvalue weighted by atomic mass is 10.3. The van der Waals surface area contributed by atoms with Gasteiger partial charge in [0.25, 0.3) is 0 Å². The van der Waals surface area contributed by atoms with Gasteiger partial charge in [0.05, 0.1) is 4.90 Å². The van der Waals surface area contributed by atoms with Gasteiger partial charge in [-0.2, -0.15) is 0 Å². The minimum absolute atomic E-state index is 0.150. The summed E-state index contributed by atoms with van der Waals surface area (Å²) in [5.41, 5.74) is 0.628. The van der Waals surface area contributed by atoms with Gasteiger partial charge < -0.3 is 10.0 Å². The van der Waals surface area contributed by atoms with Crippen molar-refractivity contribution in [3.63, 3.8) is 0 Å². The first-order valence-corrected chi connectivity index (χ1v) is 7.56. The maximum absolute atomic E-state index is 11.8. The fourth-order valence-corrected chi connectivity index (χ4v) is 2.73. The largest absolute Gasteiger partial charge is 0.480 e. The van der Waals surface area contributed by atoms with Gasteiger partial charge in [-0.05, 0) is 24.3 Å².